The number of hydrogen-bond donors (Lipinski definition) is 2. The van der Waals surface area contributed by atoms with E-state index in [0.29, 0.717) is 16.5 Å². The predicted octanol–water partition coefficient (Wildman–Crippen LogP) is 0.375. The second-order valence-corrected chi connectivity index (χ2v) is 4.38. The van der Waals surface area contributed by atoms with Crippen molar-refractivity contribution in [3.8, 4) is 11.4 Å². The van der Waals surface area contributed by atoms with E-state index < -0.39 is 5.91 Å². The number of thioether (sulfide) groups is 1. The molecule has 0 aliphatic carbocycles. The maximum atomic E-state index is 12.8. The van der Waals surface area contributed by atoms with Crippen LogP contribution in [-0.4, -0.2) is 26.5 Å². The van der Waals surface area contributed by atoms with Crippen LogP contribution in [0.4, 0.5) is 4.39 Å². The van der Waals surface area contributed by atoms with Gasteiger partial charge in [-0.05, 0) is 24.3 Å². The third kappa shape index (κ3) is 2.59. The fourth-order valence-electron chi connectivity index (χ4n) is 1.31. The van der Waals surface area contributed by atoms with Crippen LogP contribution < -0.4 is 11.6 Å². The van der Waals surface area contributed by atoms with E-state index >= 15 is 0 Å². The van der Waals surface area contributed by atoms with Crippen LogP contribution in [0.3, 0.4) is 0 Å². The second kappa shape index (κ2) is 5.05. The third-order valence-electron chi connectivity index (χ3n) is 2.11. The van der Waals surface area contributed by atoms with Gasteiger partial charge in [0.05, 0.1) is 5.75 Å². The Hall–Kier alpha value is -2.09. The first kappa shape index (κ1) is 12.4. The molecule has 1 aromatic carbocycles. The summed E-state index contributed by atoms with van der Waals surface area (Å²) >= 11 is 1.09. The maximum absolute atomic E-state index is 12.8. The van der Waals surface area contributed by atoms with Crippen molar-refractivity contribution < 1.29 is 9.18 Å². The minimum absolute atomic E-state index is 0.0682. The molecule has 0 spiro atoms. The third-order valence-corrected chi connectivity index (χ3v) is 3.08. The Morgan fingerprint density at radius 2 is 2.00 bits per heavy atom. The van der Waals surface area contributed by atoms with Crippen molar-refractivity contribution in [3.63, 3.8) is 0 Å². The van der Waals surface area contributed by atoms with Gasteiger partial charge in [0, 0.05) is 5.56 Å². The van der Waals surface area contributed by atoms with Gasteiger partial charge in [0.25, 0.3) is 0 Å². The highest BCUT2D eigenvalue weighted by Gasteiger charge is 2.12. The molecule has 0 atom stereocenters. The zero-order chi connectivity index (χ0) is 13.1. The highest BCUT2D eigenvalue weighted by molar-refractivity contribution is 7.99. The SMILES string of the molecule is NC(=O)CSc1nnc(-c2ccc(F)cc2)n1N. The number of nitrogens with two attached hydrogens (primary N) is 2. The van der Waals surface area contributed by atoms with Crippen LogP contribution in [0.5, 0.6) is 0 Å². The minimum Gasteiger partial charge on any atom is -0.369 e. The number of carbonyl (C=O) groups excluding carboxylic acids is 1. The molecule has 8 heteroatoms. The Morgan fingerprint density at radius 1 is 1.33 bits per heavy atom. The van der Waals surface area contributed by atoms with E-state index in [9.17, 15) is 9.18 Å². The van der Waals surface area contributed by atoms with Gasteiger partial charge in [-0.1, -0.05) is 11.8 Å². The molecule has 2 rings (SSSR count). The number of carbonyl (C=O) groups is 1. The van der Waals surface area contributed by atoms with Crippen LogP contribution in [-0.2, 0) is 4.79 Å². The molecule has 18 heavy (non-hydrogen) atoms. The van der Waals surface area contributed by atoms with Gasteiger partial charge in [-0.3, -0.25) is 4.79 Å². The maximum Gasteiger partial charge on any atom is 0.227 e. The number of nitrogen functional groups attached to an aromatic ring is 1. The average Bonchev–Trinajstić information content (AvgIpc) is 2.69. The van der Waals surface area contributed by atoms with Crippen molar-refractivity contribution in [2.75, 3.05) is 11.6 Å². The Bertz CT molecular complexity index is 568. The Kier molecular flexibility index (Phi) is 3.47. The van der Waals surface area contributed by atoms with Crippen LogP contribution in [0, 0.1) is 5.82 Å². The number of primary amides is 1. The van der Waals surface area contributed by atoms with Crippen LogP contribution in [0.15, 0.2) is 29.4 Å². The molecule has 0 saturated heterocycles. The molecule has 0 unspecified atom stereocenters. The van der Waals surface area contributed by atoms with Gasteiger partial charge in [-0.15, -0.1) is 10.2 Å². The molecule has 2 aromatic rings. The molecular formula is C10H10FN5OS. The second-order valence-electron chi connectivity index (χ2n) is 3.44. The number of hydrogen-bond acceptors (Lipinski definition) is 5. The fourth-order valence-corrected chi connectivity index (χ4v) is 1.90. The van der Waals surface area contributed by atoms with E-state index in [4.69, 9.17) is 11.6 Å². The van der Waals surface area contributed by atoms with Crippen LogP contribution in [0.25, 0.3) is 11.4 Å². The summed E-state index contributed by atoms with van der Waals surface area (Å²) < 4.78 is 14.0. The lowest BCUT2D eigenvalue weighted by molar-refractivity contribution is -0.115. The molecule has 0 aliphatic heterocycles. The lowest BCUT2D eigenvalue weighted by Gasteiger charge is -2.02. The number of nitrogens with zero attached hydrogens (tertiary/aromatic N) is 3. The molecule has 0 bridgehead atoms. The molecule has 0 radical (unpaired) electrons. The van der Waals surface area contributed by atoms with Gasteiger partial charge in [-0.2, -0.15) is 0 Å². The monoisotopic (exact) mass is 267 g/mol. The van der Waals surface area contributed by atoms with Gasteiger partial charge in [0.1, 0.15) is 5.82 Å². The molecule has 1 aromatic heterocycles. The lowest BCUT2D eigenvalue weighted by Crippen LogP contribution is -2.16. The first-order chi connectivity index (χ1) is 8.58. The number of rotatable bonds is 4. The first-order valence-corrected chi connectivity index (χ1v) is 5.94. The Labute approximate surface area is 106 Å². The summed E-state index contributed by atoms with van der Waals surface area (Å²) in [5, 5.41) is 8.09. The summed E-state index contributed by atoms with van der Waals surface area (Å²) in [4.78, 5) is 10.7. The van der Waals surface area contributed by atoms with Crippen molar-refractivity contribution in [2.45, 2.75) is 5.16 Å². The highest BCUT2D eigenvalue weighted by Crippen LogP contribution is 2.21. The summed E-state index contributed by atoms with van der Waals surface area (Å²) in [5.74, 6) is 5.43. The molecular weight excluding hydrogens is 257 g/mol. The molecule has 0 saturated carbocycles. The fraction of sp³-hybridized carbons (Fsp3) is 0.100. The number of aromatic nitrogens is 3. The molecule has 6 nitrogen and oxygen atoms in total. The van der Waals surface area contributed by atoms with Gasteiger partial charge in [0.2, 0.25) is 11.1 Å². The average molecular weight is 267 g/mol. The first-order valence-electron chi connectivity index (χ1n) is 4.95. The highest BCUT2D eigenvalue weighted by atomic mass is 32.2. The van der Waals surface area contributed by atoms with E-state index in [0.717, 1.165) is 11.8 Å². The number of benzene rings is 1. The Balaban J connectivity index is 2.25. The minimum atomic E-state index is -0.466. The summed E-state index contributed by atoms with van der Waals surface area (Å²) in [5.41, 5.74) is 5.66. The van der Waals surface area contributed by atoms with Crippen molar-refractivity contribution >= 4 is 17.7 Å². The molecule has 94 valence electrons. The van der Waals surface area contributed by atoms with Crippen LogP contribution in [0.1, 0.15) is 0 Å². The zero-order valence-electron chi connectivity index (χ0n) is 9.21. The standard InChI is InChI=1S/C10H10FN5OS/c11-7-3-1-6(2-4-7)9-14-15-10(16(9)13)18-5-8(12)17/h1-4H,5,13H2,(H2,12,17). The summed E-state index contributed by atoms with van der Waals surface area (Å²) in [6, 6.07) is 5.71. The van der Waals surface area contributed by atoms with Crippen molar-refractivity contribution in [3.05, 3.63) is 30.1 Å². The summed E-state index contributed by atoms with van der Waals surface area (Å²) in [6.07, 6.45) is 0. The smallest absolute Gasteiger partial charge is 0.227 e. The van der Waals surface area contributed by atoms with Crippen molar-refractivity contribution in [1.82, 2.24) is 14.9 Å². The molecule has 1 heterocycles. The quantitative estimate of drug-likeness (QED) is 0.616. The van der Waals surface area contributed by atoms with Crippen molar-refractivity contribution in [1.29, 1.82) is 0 Å². The largest absolute Gasteiger partial charge is 0.369 e. The van der Waals surface area contributed by atoms with E-state index in [-0.39, 0.29) is 11.6 Å². The normalized spacial score (nSPS) is 10.5. The van der Waals surface area contributed by atoms with Gasteiger partial charge in [-0.25, -0.2) is 9.07 Å². The van der Waals surface area contributed by atoms with Crippen LogP contribution >= 0.6 is 11.8 Å². The molecule has 4 N–H and O–H groups in total. The van der Waals surface area contributed by atoms with E-state index in [1.54, 1.807) is 12.1 Å². The Morgan fingerprint density at radius 3 is 2.61 bits per heavy atom. The topological polar surface area (TPSA) is 99.8 Å². The van der Waals surface area contributed by atoms with E-state index in [1.807, 2.05) is 0 Å². The number of halogens is 1. The zero-order valence-corrected chi connectivity index (χ0v) is 10.0. The van der Waals surface area contributed by atoms with Gasteiger partial charge < -0.3 is 11.6 Å². The van der Waals surface area contributed by atoms with Gasteiger partial charge >= 0.3 is 0 Å². The van der Waals surface area contributed by atoms with Crippen LogP contribution in [0.2, 0.25) is 0 Å². The van der Waals surface area contributed by atoms with Gasteiger partial charge in [0.15, 0.2) is 5.82 Å². The molecule has 1 amide bonds. The summed E-state index contributed by atoms with van der Waals surface area (Å²) in [7, 11) is 0. The predicted molar refractivity (Wildman–Crippen MR) is 65.5 cm³/mol. The van der Waals surface area contributed by atoms with E-state index in [2.05, 4.69) is 10.2 Å². The van der Waals surface area contributed by atoms with Crippen molar-refractivity contribution in [2.24, 2.45) is 5.73 Å². The molecule has 0 aliphatic rings. The lowest BCUT2D eigenvalue weighted by atomic mass is 10.2. The number of amides is 1. The molecule has 0 fully saturated rings. The van der Waals surface area contributed by atoms with E-state index in [1.165, 1.54) is 16.8 Å². The summed E-state index contributed by atoms with van der Waals surface area (Å²) in [6.45, 7) is 0.